The molecule has 0 aliphatic carbocycles. The molecule has 4 aliphatic heterocycles. The predicted octanol–water partition coefficient (Wildman–Crippen LogP) is 14.8. The Hall–Kier alpha value is -13.2. The second-order valence-electron chi connectivity index (χ2n) is 26.9. The maximum Gasteiger partial charge on any atom is 0.168 e. The molecule has 0 fully saturated rings. The Balaban J connectivity index is 0.724. The quantitative estimate of drug-likeness (QED) is 0.0293. The molecule has 29 heteroatoms. The lowest BCUT2D eigenvalue weighted by Gasteiger charge is -2.10. The fourth-order valence-electron chi connectivity index (χ4n) is 14.6. The Kier molecular flexibility index (Phi) is 21.0. The van der Waals surface area contributed by atoms with Crippen molar-refractivity contribution in [3.8, 4) is 131 Å². The van der Waals surface area contributed by atoms with E-state index in [9.17, 15) is 0 Å². The third-order valence-corrected chi connectivity index (χ3v) is 19.8. The van der Waals surface area contributed by atoms with Gasteiger partial charge in [-0.1, -0.05) is 109 Å². The van der Waals surface area contributed by atoms with E-state index < -0.39 is 0 Å². The van der Waals surface area contributed by atoms with E-state index in [0.29, 0.717) is 279 Å². The fourth-order valence-corrected chi connectivity index (χ4v) is 14.6. The molecule has 0 atom stereocenters. The van der Waals surface area contributed by atoms with Gasteiger partial charge < -0.3 is 81.5 Å². The molecule has 0 unspecified atom stereocenters. The van der Waals surface area contributed by atoms with Crippen LogP contribution >= 0.6 is 0 Å². The molecule has 115 heavy (non-hydrogen) atoms. The van der Waals surface area contributed by atoms with Crippen LogP contribution in [0.2, 0.25) is 0 Å². The summed E-state index contributed by atoms with van der Waals surface area (Å²) in [6.07, 6.45) is 1.17. The van der Waals surface area contributed by atoms with Gasteiger partial charge in [0.05, 0.1) is 111 Å². The van der Waals surface area contributed by atoms with Crippen molar-refractivity contribution in [3.63, 3.8) is 0 Å². The van der Waals surface area contributed by atoms with E-state index in [-0.39, 0.29) is 19.8 Å². The third kappa shape index (κ3) is 14.4. The third-order valence-electron chi connectivity index (χ3n) is 19.8. The molecule has 580 valence electrons. The molecule has 10 heterocycles. The fraction of sp³-hybridized carbons (Fsp3) is 0.256. The van der Waals surface area contributed by atoms with Gasteiger partial charge in [-0.2, -0.15) is 0 Å². The Bertz CT molecular complexity index is 6400. The highest BCUT2D eigenvalue weighted by molar-refractivity contribution is 6.12. The van der Waals surface area contributed by atoms with Crippen LogP contribution in [0.15, 0.2) is 152 Å². The lowest BCUT2D eigenvalue weighted by Crippen LogP contribution is -2.10. The Labute approximate surface area is 656 Å². The molecular weight excluding hydrogens is 1470 g/mol. The number of hydrogen-bond donors (Lipinski definition) is 4. The molecule has 0 saturated carbocycles. The summed E-state index contributed by atoms with van der Waals surface area (Å²) in [6.45, 7) is 7.09. The summed E-state index contributed by atoms with van der Waals surface area (Å²) in [5, 5.41) is 5.63. The van der Waals surface area contributed by atoms with Gasteiger partial charge in [0.1, 0.15) is 112 Å². The number of aromatic nitrogens is 16. The summed E-state index contributed by atoms with van der Waals surface area (Å²) in [5.41, 5.74) is 9.30. The number of fused-ring (bicyclic) bond motifs is 40. The van der Waals surface area contributed by atoms with E-state index in [1.165, 1.54) is 0 Å². The van der Waals surface area contributed by atoms with Crippen LogP contribution in [-0.4, -0.2) is 207 Å². The number of hydrogen-bond acceptors (Lipinski definition) is 25. The smallest absolute Gasteiger partial charge is 0.168 e. The normalized spacial score (nSPS) is 12.0. The summed E-state index contributed by atoms with van der Waals surface area (Å²) in [6, 6.07) is 48.5. The molecular formula is C86H78N16O13. The van der Waals surface area contributed by atoms with Crippen LogP contribution < -0.4 is 33.2 Å². The van der Waals surface area contributed by atoms with Crippen molar-refractivity contribution >= 4 is 88.3 Å². The summed E-state index contributed by atoms with van der Waals surface area (Å²) in [4.78, 5) is 77.9. The number of H-pyrrole nitrogens is 4. The van der Waals surface area contributed by atoms with E-state index in [2.05, 4.69) is 19.9 Å². The summed E-state index contributed by atoms with van der Waals surface area (Å²) >= 11 is 0. The Morgan fingerprint density at radius 2 is 0.478 bits per heavy atom. The summed E-state index contributed by atoms with van der Waals surface area (Å²) in [7, 11) is 6.54. The standard InChI is InChI=1S/C86H78N16O13/c1-6-109-57-27-11-20-50-64(57)80-91-74(50)94-82-65-51(73(90-82)88-71-48-18-7-8-19-49(48)72(87-71)89-81-67-53(76(92-80)93-81)23-14-30-60(67)112-44-38-105-4)21-12-28-58(65)110-34-9-10-35-111-59-29-13-22-52-66(59)83-95-75(52)97-85-70-56(26-17-33-63(70)115-47-43-108-41-37-104-3)79(102-85)99-84-68-54(24-15-31-61(68)113-45-39-106-5)77(98-84)100-86-69-55(78(96-83)101-86)25-16-32-62(69)114-46-42-107-40-36-103-2/h7-8,11-33H,6,9-10,34-47H2,1-5H3,(H2,87,88,89,90,91,92,93,94)(H2,95,96,97,98,99,100,101,102). The van der Waals surface area contributed by atoms with Crippen molar-refractivity contribution in [3.05, 3.63) is 152 Å². The van der Waals surface area contributed by atoms with Gasteiger partial charge in [-0.05, 0) is 62.2 Å². The first-order valence-electron chi connectivity index (χ1n) is 38.0. The van der Waals surface area contributed by atoms with Gasteiger partial charge in [-0.3, -0.25) is 0 Å². The first-order chi connectivity index (χ1) is 56.8. The average molecular weight is 1540 g/mol. The number of nitrogens with zero attached hydrogens (tertiary/aromatic N) is 12. The highest BCUT2D eigenvalue weighted by Gasteiger charge is 2.31. The van der Waals surface area contributed by atoms with Crippen LogP contribution in [0, 0.1) is 0 Å². The largest absolute Gasteiger partial charge is 0.493 e. The van der Waals surface area contributed by atoms with Crippen molar-refractivity contribution in [2.24, 2.45) is 0 Å². The summed E-state index contributed by atoms with van der Waals surface area (Å²) < 4.78 is 78.8. The molecule has 18 rings (SSSR count). The number of rotatable bonds is 31. The molecule has 4 N–H and O–H groups in total. The van der Waals surface area contributed by atoms with Crippen molar-refractivity contribution < 1.29 is 61.6 Å². The van der Waals surface area contributed by atoms with E-state index in [1.54, 1.807) is 28.4 Å². The highest BCUT2D eigenvalue weighted by Crippen LogP contribution is 2.47. The second kappa shape index (κ2) is 32.9. The summed E-state index contributed by atoms with van der Waals surface area (Å²) in [5.74, 6) is 7.01. The SMILES string of the molecule is CCOc1cccc2c1-c1nc-2nc2[nH]c(nc3nc(nc4[nH]c(n1)c1cccc(OCCOC)c41)-c1ccccc1-3)c1cccc(OCCCCOc3cccc4c5nc6nc(nc7[nH]c(nc8nc(nc([nH]5)c34)-c3cccc(OCCOCCOC)c3-8)c3cccc(OCCOC)c73)-c3cccc(OCCOCCOC)c3-6)c21. The van der Waals surface area contributed by atoms with Crippen molar-refractivity contribution in [1.82, 2.24) is 79.7 Å². The lowest BCUT2D eigenvalue weighted by molar-refractivity contribution is 0.0545. The number of unbranched alkanes of at least 4 members (excludes halogenated alkanes) is 1. The molecule has 16 bridgehead atoms. The zero-order valence-corrected chi connectivity index (χ0v) is 63.6. The van der Waals surface area contributed by atoms with Gasteiger partial charge in [-0.15, -0.1) is 0 Å². The van der Waals surface area contributed by atoms with Crippen LogP contribution in [0.5, 0.6) is 40.2 Å². The van der Waals surface area contributed by atoms with Crippen LogP contribution in [0.25, 0.3) is 179 Å². The van der Waals surface area contributed by atoms with Gasteiger partial charge in [-0.25, -0.2) is 59.8 Å². The molecule has 8 aromatic carbocycles. The maximum absolute atomic E-state index is 6.90. The molecule has 0 radical (unpaired) electrons. The Morgan fingerprint density at radius 1 is 0.226 bits per heavy atom. The number of nitrogens with one attached hydrogen (secondary N) is 4. The molecule has 14 aromatic rings. The van der Waals surface area contributed by atoms with Crippen molar-refractivity contribution in [2.45, 2.75) is 19.8 Å². The zero-order valence-electron chi connectivity index (χ0n) is 63.6. The minimum Gasteiger partial charge on any atom is -0.493 e. The first kappa shape index (κ1) is 73.3. The second-order valence-corrected chi connectivity index (χ2v) is 26.9. The number of benzene rings is 8. The van der Waals surface area contributed by atoms with E-state index >= 15 is 0 Å². The van der Waals surface area contributed by atoms with Crippen LogP contribution in [-0.2, 0) is 28.4 Å². The molecule has 0 amide bonds. The van der Waals surface area contributed by atoms with Gasteiger partial charge in [0.15, 0.2) is 46.6 Å². The van der Waals surface area contributed by atoms with Gasteiger partial charge in [0.25, 0.3) is 0 Å². The van der Waals surface area contributed by atoms with E-state index in [1.807, 2.05) is 159 Å². The minimum atomic E-state index is 0.235. The monoisotopic (exact) mass is 1540 g/mol. The molecule has 0 spiro atoms. The van der Waals surface area contributed by atoms with Gasteiger partial charge in [0.2, 0.25) is 0 Å². The van der Waals surface area contributed by atoms with Crippen LogP contribution in [0.1, 0.15) is 19.8 Å². The molecule has 6 aromatic heterocycles. The number of aromatic amines is 4. The van der Waals surface area contributed by atoms with E-state index in [4.69, 9.17) is 121 Å². The highest BCUT2D eigenvalue weighted by atomic mass is 16.6. The molecule has 4 aliphatic rings. The minimum absolute atomic E-state index is 0.235. The van der Waals surface area contributed by atoms with E-state index in [0.717, 1.165) is 32.8 Å². The van der Waals surface area contributed by atoms with Crippen LogP contribution in [0.4, 0.5) is 0 Å². The zero-order chi connectivity index (χ0) is 77.7. The molecule has 29 nitrogen and oxygen atoms in total. The number of ether oxygens (including phenoxy) is 13. The topological polar surface area (TPSA) is 338 Å². The van der Waals surface area contributed by atoms with Crippen LogP contribution in [0.3, 0.4) is 0 Å². The average Bonchev–Trinajstić information content (AvgIpc) is 1.59. The first-order valence-corrected chi connectivity index (χ1v) is 38.0. The molecule has 0 saturated heterocycles. The Morgan fingerprint density at radius 3 is 0.826 bits per heavy atom. The van der Waals surface area contributed by atoms with Crippen molar-refractivity contribution in [2.75, 3.05) is 128 Å². The lowest BCUT2D eigenvalue weighted by atomic mass is 10.1. The predicted molar refractivity (Wildman–Crippen MR) is 435 cm³/mol. The number of methoxy groups -OCH3 is 4. The van der Waals surface area contributed by atoms with Gasteiger partial charge >= 0.3 is 0 Å². The maximum atomic E-state index is 6.90. The van der Waals surface area contributed by atoms with Crippen molar-refractivity contribution in [1.29, 1.82) is 0 Å². The van der Waals surface area contributed by atoms with Gasteiger partial charge in [0, 0.05) is 77.8 Å².